The molecule has 1 aliphatic rings. The van der Waals surface area contributed by atoms with Gasteiger partial charge >= 0.3 is 0 Å². The highest BCUT2D eigenvalue weighted by atomic mass is 15.2. The molecule has 0 saturated carbocycles. The van der Waals surface area contributed by atoms with Crippen LogP contribution in [0, 0.1) is 6.92 Å². The molecule has 20 heavy (non-hydrogen) atoms. The number of imidazole rings is 1. The van der Waals surface area contributed by atoms with Gasteiger partial charge in [-0.05, 0) is 32.9 Å². The predicted octanol–water partition coefficient (Wildman–Crippen LogP) is 2.48. The van der Waals surface area contributed by atoms with E-state index in [0.717, 1.165) is 35.9 Å². The summed E-state index contributed by atoms with van der Waals surface area (Å²) in [6.07, 6.45) is 2.54. The highest BCUT2D eigenvalue weighted by Crippen LogP contribution is 2.27. The molecule has 4 nitrogen and oxygen atoms in total. The number of likely N-dealkylation sites (tertiary alicyclic amines) is 1. The number of hydrogen-bond donors (Lipinski definition) is 2. The molecule has 2 aromatic rings. The molecular weight excluding hydrogens is 248 g/mol. The number of H-pyrrole nitrogens is 1. The lowest BCUT2D eigenvalue weighted by atomic mass is 10.1. The van der Waals surface area contributed by atoms with Crippen molar-refractivity contribution in [1.29, 1.82) is 0 Å². The fourth-order valence-electron chi connectivity index (χ4n) is 3.02. The number of aromatic nitrogens is 2. The molecule has 1 aromatic heterocycles. The highest BCUT2D eigenvalue weighted by Gasteiger charge is 2.26. The van der Waals surface area contributed by atoms with Crippen LogP contribution < -0.4 is 5.73 Å². The zero-order valence-corrected chi connectivity index (χ0v) is 12.0. The Morgan fingerprint density at radius 3 is 2.60 bits per heavy atom. The monoisotopic (exact) mass is 270 g/mol. The maximum Gasteiger partial charge on any atom is 0.137 e. The van der Waals surface area contributed by atoms with E-state index >= 15 is 0 Å². The minimum atomic E-state index is 0.242. The van der Waals surface area contributed by atoms with E-state index in [0.29, 0.717) is 6.54 Å². The van der Waals surface area contributed by atoms with Gasteiger partial charge in [0, 0.05) is 17.8 Å². The number of nitrogens with one attached hydrogen (secondary N) is 1. The van der Waals surface area contributed by atoms with Crippen LogP contribution in [0.25, 0.3) is 11.4 Å². The Bertz CT molecular complexity index is 555. The molecule has 1 unspecified atom stereocenters. The third-order valence-electron chi connectivity index (χ3n) is 4.09. The largest absolute Gasteiger partial charge is 0.342 e. The van der Waals surface area contributed by atoms with Gasteiger partial charge in [-0.1, -0.05) is 30.3 Å². The summed E-state index contributed by atoms with van der Waals surface area (Å²) in [7, 11) is 0. The van der Waals surface area contributed by atoms with Gasteiger partial charge in [0.1, 0.15) is 5.82 Å². The zero-order valence-electron chi connectivity index (χ0n) is 12.0. The Hall–Kier alpha value is -1.65. The number of nitrogens with zero attached hydrogens (tertiary/aromatic N) is 2. The molecule has 3 rings (SSSR count). The van der Waals surface area contributed by atoms with Crippen LogP contribution in [-0.2, 0) is 0 Å². The second-order valence-electron chi connectivity index (χ2n) is 5.46. The van der Waals surface area contributed by atoms with E-state index < -0.39 is 0 Å². The second kappa shape index (κ2) is 5.77. The van der Waals surface area contributed by atoms with Crippen molar-refractivity contribution >= 4 is 0 Å². The van der Waals surface area contributed by atoms with E-state index in [-0.39, 0.29) is 6.04 Å². The SMILES string of the molecule is Cc1[nH]c(-c2ccccc2)nc1C(CN)N1CCCC1. The Morgan fingerprint density at radius 2 is 1.95 bits per heavy atom. The first-order valence-corrected chi connectivity index (χ1v) is 7.35. The van der Waals surface area contributed by atoms with Crippen LogP contribution in [0.15, 0.2) is 30.3 Å². The van der Waals surface area contributed by atoms with Crippen molar-refractivity contribution in [3.05, 3.63) is 41.7 Å². The second-order valence-corrected chi connectivity index (χ2v) is 5.46. The molecule has 0 aliphatic carbocycles. The third-order valence-corrected chi connectivity index (χ3v) is 4.09. The summed E-state index contributed by atoms with van der Waals surface area (Å²) in [6.45, 7) is 4.98. The van der Waals surface area contributed by atoms with E-state index in [9.17, 15) is 0 Å². The van der Waals surface area contributed by atoms with Gasteiger partial charge in [0.15, 0.2) is 0 Å². The standard InChI is InChI=1S/C16H22N4/c1-12-15(14(11-17)20-9-5-6-10-20)19-16(18-12)13-7-3-2-4-8-13/h2-4,7-8,14H,5-6,9-11,17H2,1H3,(H,18,19). The average Bonchev–Trinajstić information content (AvgIpc) is 3.12. The Balaban J connectivity index is 1.91. The normalized spacial score (nSPS) is 17.5. The molecule has 3 N–H and O–H groups in total. The number of nitrogens with two attached hydrogens (primary N) is 1. The molecule has 1 aromatic carbocycles. The Labute approximate surface area is 120 Å². The van der Waals surface area contributed by atoms with Crippen molar-refractivity contribution in [2.24, 2.45) is 5.73 Å². The average molecular weight is 270 g/mol. The van der Waals surface area contributed by atoms with E-state index in [2.05, 4.69) is 28.9 Å². The maximum absolute atomic E-state index is 6.01. The van der Waals surface area contributed by atoms with Crippen molar-refractivity contribution in [1.82, 2.24) is 14.9 Å². The number of aryl methyl sites for hydroxylation is 1. The topological polar surface area (TPSA) is 57.9 Å². The first-order valence-electron chi connectivity index (χ1n) is 7.35. The van der Waals surface area contributed by atoms with E-state index in [4.69, 9.17) is 10.7 Å². The molecular formula is C16H22N4. The van der Waals surface area contributed by atoms with Crippen molar-refractivity contribution in [2.45, 2.75) is 25.8 Å². The molecule has 4 heteroatoms. The van der Waals surface area contributed by atoms with Gasteiger partial charge in [0.05, 0.1) is 11.7 Å². The summed E-state index contributed by atoms with van der Waals surface area (Å²) in [5, 5.41) is 0. The number of aromatic amines is 1. The van der Waals surface area contributed by atoms with Gasteiger partial charge in [-0.15, -0.1) is 0 Å². The number of benzene rings is 1. The van der Waals surface area contributed by atoms with Crippen molar-refractivity contribution in [3.63, 3.8) is 0 Å². The minimum absolute atomic E-state index is 0.242. The van der Waals surface area contributed by atoms with Gasteiger partial charge in [0.25, 0.3) is 0 Å². The fourth-order valence-corrected chi connectivity index (χ4v) is 3.02. The molecule has 1 saturated heterocycles. The minimum Gasteiger partial charge on any atom is -0.342 e. The van der Waals surface area contributed by atoms with Crippen molar-refractivity contribution < 1.29 is 0 Å². The summed E-state index contributed by atoms with van der Waals surface area (Å²) in [5.74, 6) is 0.941. The van der Waals surface area contributed by atoms with E-state index in [1.807, 2.05) is 18.2 Å². The molecule has 1 fully saturated rings. The summed E-state index contributed by atoms with van der Waals surface area (Å²) in [5.41, 5.74) is 9.37. The van der Waals surface area contributed by atoms with Gasteiger partial charge in [0.2, 0.25) is 0 Å². The molecule has 1 aliphatic heterocycles. The van der Waals surface area contributed by atoms with Crippen LogP contribution in [-0.4, -0.2) is 34.5 Å². The molecule has 0 spiro atoms. The first kappa shape index (κ1) is 13.3. The van der Waals surface area contributed by atoms with Gasteiger partial charge in [-0.25, -0.2) is 4.98 Å². The molecule has 2 heterocycles. The number of hydrogen-bond acceptors (Lipinski definition) is 3. The van der Waals surface area contributed by atoms with Crippen molar-refractivity contribution in [3.8, 4) is 11.4 Å². The summed E-state index contributed by atoms with van der Waals surface area (Å²) in [6, 6.07) is 10.5. The maximum atomic E-state index is 6.01. The van der Waals surface area contributed by atoms with Crippen LogP contribution in [0.2, 0.25) is 0 Å². The van der Waals surface area contributed by atoms with Gasteiger partial charge in [-0.2, -0.15) is 0 Å². The Kier molecular flexibility index (Phi) is 3.85. The molecule has 106 valence electrons. The van der Waals surface area contributed by atoms with Crippen LogP contribution in [0.4, 0.5) is 0 Å². The summed E-state index contributed by atoms with van der Waals surface area (Å²) >= 11 is 0. The van der Waals surface area contributed by atoms with E-state index in [1.165, 1.54) is 12.8 Å². The van der Waals surface area contributed by atoms with Gasteiger partial charge < -0.3 is 10.7 Å². The van der Waals surface area contributed by atoms with Gasteiger partial charge in [-0.3, -0.25) is 4.90 Å². The number of rotatable bonds is 4. The molecule has 0 amide bonds. The Morgan fingerprint density at radius 1 is 1.25 bits per heavy atom. The summed E-state index contributed by atoms with van der Waals surface area (Å²) < 4.78 is 0. The molecule has 1 atom stereocenters. The van der Waals surface area contributed by atoms with E-state index in [1.54, 1.807) is 0 Å². The lowest BCUT2D eigenvalue weighted by Crippen LogP contribution is -2.32. The first-order chi connectivity index (χ1) is 9.79. The lowest BCUT2D eigenvalue weighted by Gasteiger charge is -2.25. The quantitative estimate of drug-likeness (QED) is 0.897. The molecule has 0 bridgehead atoms. The molecule has 0 radical (unpaired) electrons. The van der Waals surface area contributed by atoms with Crippen LogP contribution in [0.5, 0.6) is 0 Å². The smallest absolute Gasteiger partial charge is 0.137 e. The van der Waals surface area contributed by atoms with Crippen LogP contribution in [0.1, 0.15) is 30.3 Å². The summed E-state index contributed by atoms with van der Waals surface area (Å²) in [4.78, 5) is 10.7. The van der Waals surface area contributed by atoms with Crippen molar-refractivity contribution in [2.75, 3.05) is 19.6 Å². The third kappa shape index (κ3) is 2.49. The highest BCUT2D eigenvalue weighted by molar-refractivity contribution is 5.55. The predicted molar refractivity (Wildman–Crippen MR) is 81.4 cm³/mol. The van der Waals surface area contributed by atoms with Crippen LogP contribution in [0.3, 0.4) is 0 Å². The fraction of sp³-hybridized carbons (Fsp3) is 0.438. The zero-order chi connectivity index (χ0) is 13.9. The van der Waals surface area contributed by atoms with Crippen LogP contribution >= 0.6 is 0 Å². The lowest BCUT2D eigenvalue weighted by molar-refractivity contribution is 0.246.